The molecule has 1 saturated carbocycles. The van der Waals surface area contributed by atoms with Crippen molar-refractivity contribution in [1.29, 1.82) is 0 Å². The number of fused-ring (bicyclic) bond motifs is 3. The summed E-state index contributed by atoms with van der Waals surface area (Å²) in [6.45, 7) is 8.59. The van der Waals surface area contributed by atoms with Crippen molar-refractivity contribution in [3.05, 3.63) is 66.0 Å². The largest absolute Gasteiger partial charge is 0.444 e. The molecule has 1 aromatic heterocycles. The third kappa shape index (κ3) is 6.30. The van der Waals surface area contributed by atoms with Crippen LogP contribution >= 0.6 is 0 Å². The number of carbonyl (C=O) groups is 2. The van der Waals surface area contributed by atoms with E-state index in [2.05, 4.69) is 63.4 Å². The summed E-state index contributed by atoms with van der Waals surface area (Å²) in [4.78, 5) is 34.3. The zero-order valence-electron chi connectivity index (χ0n) is 26.1. The number of nitrogens with zero attached hydrogens (tertiary/aromatic N) is 3. The lowest BCUT2D eigenvalue weighted by Crippen LogP contribution is -2.58. The number of benzene rings is 2. The number of nitrogens with one attached hydrogen (secondary N) is 2. The van der Waals surface area contributed by atoms with Crippen LogP contribution in [0.3, 0.4) is 0 Å². The molecule has 2 bridgehead atoms. The molecule has 6 rings (SSSR count). The van der Waals surface area contributed by atoms with E-state index in [4.69, 9.17) is 9.72 Å². The molecule has 2 N–H and O–H groups in total. The molecule has 0 radical (unpaired) electrons. The van der Waals surface area contributed by atoms with E-state index in [1.165, 1.54) is 18.4 Å². The van der Waals surface area contributed by atoms with Crippen LogP contribution in [0.1, 0.15) is 102 Å². The summed E-state index contributed by atoms with van der Waals surface area (Å²) in [7, 11) is 0. The van der Waals surface area contributed by atoms with Crippen LogP contribution < -0.4 is 10.6 Å². The third-order valence-electron chi connectivity index (χ3n) is 9.81. The van der Waals surface area contributed by atoms with Crippen LogP contribution in [-0.4, -0.2) is 56.2 Å². The van der Waals surface area contributed by atoms with Crippen LogP contribution in [0.15, 0.2) is 54.6 Å². The highest BCUT2D eigenvalue weighted by Crippen LogP contribution is 2.43. The number of aromatic nitrogens is 2. The number of hydrogen-bond acceptors (Lipinski definition) is 5. The number of piperidine rings is 1. The Morgan fingerprint density at radius 2 is 1.63 bits per heavy atom. The second-order valence-corrected chi connectivity index (χ2v) is 13.9. The fourth-order valence-electron chi connectivity index (χ4n) is 7.92. The summed E-state index contributed by atoms with van der Waals surface area (Å²) in [6, 6.07) is 20.2. The number of rotatable bonds is 8. The van der Waals surface area contributed by atoms with E-state index in [0.29, 0.717) is 31.0 Å². The predicted octanol–water partition coefficient (Wildman–Crippen LogP) is 6.60. The predicted molar refractivity (Wildman–Crippen MR) is 169 cm³/mol. The first kappa shape index (κ1) is 29.7. The van der Waals surface area contributed by atoms with E-state index in [9.17, 15) is 9.59 Å². The Balaban J connectivity index is 1.15. The average Bonchev–Trinajstić information content (AvgIpc) is 3.63. The Morgan fingerprint density at radius 3 is 2.30 bits per heavy atom. The summed E-state index contributed by atoms with van der Waals surface area (Å²) < 4.78 is 8.02. The van der Waals surface area contributed by atoms with Gasteiger partial charge in [-0.05, 0) is 90.3 Å². The SMILES string of the molecule is Cc1nc2ccccc2n1C1CC2CCC(C1)N2CC[C@@H](NC(=O)C1(NC(=O)OC(C)(C)C)CCCC1)c1ccccc1. The summed E-state index contributed by atoms with van der Waals surface area (Å²) in [5.74, 6) is 1.00. The standard InChI is InChI=1S/C35H47N5O3/c1-24-36-30-14-8-9-15-31(30)40(24)28-22-26-16-17-27(23-28)39(26)21-18-29(25-12-6-5-7-13-25)37-32(41)35(19-10-11-20-35)38-33(42)43-34(2,3)4/h5-9,12-15,26-29H,10-11,16-23H2,1-4H3,(H,37,41)(H,38,42)/t26?,27?,28?,29-/m1/s1. The molecule has 2 aromatic carbocycles. The number of aryl methyl sites for hydroxylation is 1. The minimum atomic E-state index is -0.932. The molecule has 3 atom stereocenters. The number of alkyl carbamates (subject to hydrolysis) is 1. The van der Waals surface area contributed by atoms with E-state index in [0.717, 1.165) is 55.6 Å². The first-order valence-electron chi connectivity index (χ1n) is 16.2. The molecule has 43 heavy (non-hydrogen) atoms. The summed E-state index contributed by atoms with van der Waals surface area (Å²) >= 11 is 0. The van der Waals surface area contributed by atoms with Crippen LogP contribution in [0.2, 0.25) is 0 Å². The van der Waals surface area contributed by atoms with Crippen molar-refractivity contribution < 1.29 is 14.3 Å². The van der Waals surface area contributed by atoms with Gasteiger partial charge in [0.2, 0.25) is 5.91 Å². The van der Waals surface area contributed by atoms with Crippen molar-refractivity contribution in [1.82, 2.24) is 25.1 Å². The molecular weight excluding hydrogens is 538 g/mol. The summed E-state index contributed by atoms with van der Waals surface area (Å²) in [5.41, 5.74) is 1.87. The van der Waals surface area contributed by atoms with E-state index >= 15 is 0 Å². The van der Waals surface area contributed by atoms with Crippen LogP contribution in [0.25, 0.3) is 11.0 Å². The molecule has 2 unspecified atom stereocenters. The maximum Gasteiger partial charge on any atom is 0.408 e. The van der Waals surface area contributed by atoms with Gasteiger partial charge in [0.15, 0.2) is 0 Å². The van der Waals surface area contributed by atoms with Crippen molar-refractivity contribution in [2.45, 2.75) is 121 Å². The number of ether oxygens (including phenoxy) is 1. The van der Waals surface area contributed by atoms with Gasteiger partial charge in [-0.1, -0.05) is 55.3 Å². The van der Waals surface area contributed by atoms with Crippen LogP contribution in [0, 0.1) is 6.92 Å². The molecule has 1 aliphatic carbocycles. The zero-order valence-corrected chi connectivity index (χ0v) is 26.1. The fourth-order valence-corrected chi connectivity index (χ4v) is 7.92. The first-order valence-corrected chi connectivity index (χ1v) is 16.2. The number of imidazole rings is 1. The molecule has 8 heteroatoms. The lowest BCUT2D eigenvalue weighted by Gasteiger charge is -2.40. The van der Waals surface area contributed by atoms with Crippen molar-refractivity contribution in [3.63, 3.8) is 0 Å². The normalized spacial score (nSPS) is 24.1. The smallest absolute Gasteiger partial charge is 0.408 e. The van der Waals surface area contributed by atoms with E-state index in [1.807, 2.05) is 39.0 Å². The molecule has 0 spiro atoms. The zero-order chi connectivity index (χ0) is 30.2. The maximum atomic E-state index is 14.0. The van der Waals surface area contributed by atoms with Gasteiger partial charge in [-0.15, -0.1) is 0 Å². The topological polar surface area (TPSA) is 88.5 Å². The molecule has 2 saturated heterocycles. The van der Waals surface area contributed by atoms with Crippen LogP contribution in [0.5, 0.6) is 0 Å². The van der Waals surface area contributed by atoms with Crippen LogP contribution in [-0.2, 0) is 9.53 Å². The number of hydrogen-bond donors (Lipinski definition) is 2. The Morgan fingerprint density at radius 1 is 0.977 bits per heavy atom. The van der Waals surface area contributed by atoms with Gasteiger partial charge in [0.25, 0.3) is 0 Å². The van der Waals surface area contributed by atoms with Gasteiger partial charge in [0.05, 0.1) is 17.1 Å². The summed E-state index contributed by atoms with van der Waals surface area (Å²) in [6.07, 6.45) is 8.05. The van der Waals surface area contributed by atoms with Crippen molar-refractivity contribution in [2.75, 3.05) is 6.54 Å². The minimum absolute atomic E-state index is 0.103. The third-order valence-corrected chi connectivity index (χ3v) is 9.81. The van der Waals surface area contributed by atoms with E-state index < -0.39 is 17.2 Å². The highest BCUT2D eigenvalue weighted by Gasteiger charge is 2.45. The molecule has 230 valence electrons. The van der Waals surface area contributed by atoms with Crippen LogP contribution in [0.4, 0.5) is 4.79 Å². The van der Waals surface area contributed by atoms with Crippen molar-refractivity contribution in [3.8, 4) is 0 Å². The average molecular weight is 586 g/mol. The maximum absolute atomic E-state index is 14.0. The molecule has 3 aliphatic rings. The van der Waals surface area contributed by atoms with E-state index in [-0.39, 0.29) is 11.9 Å². The van der Waals surface area contributed by atoms with Gasteiger partial charge >= 0.3 is 6.09 Å². The monoisotopic (exact) mass is 585 g/mol. The number of para-hydroxylation sites is 2. The Bertz CT molecular complexity index is 1420. The molecule has 2 amide bonds. The van der Waals surface area contributed by atoms with Crippen molar-refractivity contribution >= 4 is 23.0 Å². The van der Waals surface area contributed by atoms with Gasteiger partial charge in [-0.2, -0.15) is 0 Å². The Kier molecular flexibility index (Phi) is 8.24. The van der Waals surface area contributed by atoms with Crippen molar-refractivity contribution in [2.24, 2.45) is 0 Å². The Labute approximate surface area is 255 Å². The lowest BCUT2D eigenvalue weighted by atomic mass is 9.93. The quantitative estimate of drug-likeness (QED) is 0.311. The molecule has 8 nitrogen and oxygen atoms in total. The fraction of sp³-hybridized carbons (Fsp3) is 0.571. The Hall–Kier alpha value is -3.39. The first-order chi connectivity index (χ1) is 20.6. The summed E-state index contributed by atoms with van der Waals surface area (Å²) in [5, 5.41) is 6.36. The van der Waals surface area contributed by atoms with Gasteiger partial charge < -0.3 is 19.9 Å². The second kappa shape index (κ2) is 11.9. The minimum Gasteiger partial charge on any atom is -0.444 e. The van der Waals surface area contributed by atoms with Gasteiger partial charge in [-0.25, -0.2) is 9.78 Å². The molecular formula is C35H47N5O3. The van der Waals surface area contributed by atoms with Gasteiger partial charge in [-0.3, -0.25) is 9.69 Å². The molecule has 2 aliphatic heterocycles. The molecule has 3 aromatic rings. The lowest BCUT2D eigenvalue weighted by molar-refractivity contribution is -0.128. The second-order valence-electron chi connectivity index (χ2n) is 13.9. The van der Waals surface area contributed by atoms with Gasteiger partial charge in [0.1, 0.15) is 17.0 Å². The van der Waals surface area contributed by atoms with Gasteiger partial charge in [0, 0.05) is 24.7 Å². The number of carbonyl (C=O) groups excluding carboxylic acids is 2. The van der Waals surface area contributed by atoms with E-state index in [1.54, 1.807) is 0 Å². The highest BCUT2D eigenvalue weighted by molar-refractivity contribution is 5.90. The highest BCUT2D eigenvalue weighted by atomic mass is 16.6. The number of amides is 2. The molecule has 3 heterocycles. The molecule has 3 fully saturated rings.